The fourth-order valence-corrected chi connectivity index (χ4v) is 4.52. The van der Waals surface area contributed by atoms with Gasteiger partial charge in [0.25, 0.3) is 0 Å². The first kappa shape index (κ1) is 22.4. The van der Waals surface area contributed by atoms with Gasteiger partial charge in [0.2, 0.25) is 5.91 Å². The first-order valence-electron chi connectivity index (χ1n) is 11.4. The third-order valence-corrected chi connectivity index (χ3v) is 6.46. The number of ether oxygens (including phenoxy) is 2. The highest BCUT2D eigenvalue weighted by atomic mass is 16.5. The lowest BCUT2D eigenvalue weighted by Gasteiger charge is -2.22. The van der Waals surface area contributed by atoms with Crippen molar-refractivity contribution in [1.29, 1.82) is 0 Å². The number of carbonyl (C=O) groups is 1. The van der Waals surface area contributed by atoms with Gasteiger partial charge in [-0.3, -0.25) is 4.79 Å². The van der Waals surface area contributed by atoms with Gasteiger partial charge in [-0.1, -0.05) is 32.9 Å². The molecule has 1 fully saturated rings. The number of aryl methyl sites for hydroxylation is 1. The van der Waals surface area contributed by atoms with E-state index in [0.717, 1.165) is 54.8 Å². The molecule has 0 saturated heterocycles. The van der Waals surface area contributed by atoms with Crippen LogP contribution in [0.1, 0.15) is 51.3 Å². The van der Waals surface area contributed by atoms with E-state index in [-0.39, 0.29) is 11.3 Å². The van der Waals surface area contributed by atoms with E-state index >= 15 is 0 Å². The summed E-state index contributed by atoms with van der Waals surface area (Å²) in [6, 6.07) is 16.4. The first-order valence-corrected chi connectivity index (χ1v) is 11.4. The molecule has 0 radical (unpaired) electrons. The summed E-state index contributed by atoms with van der Waals surface area (Å²) in [5.41, 5.74) is 3.92. The summed E-state index contributed by atoms with van der Waals surface area (Å²) in [5, 5.41) is 4.33. The zero-order chi connectivity index (χ0) is 22.9. The minimum absolute atomic E-state index is 0.0277. The molecule has 0 bridgehead atoms. The minimum atomic E-state index is -0.452. The highest BCUT2D eigenvalue weighted by Gasteiger charge is 2.51. The maximum atomic E-state index is 13.3. The third-order valence-electron chi connectivity index (χ3n) is 6.46. The second-order valence-corrected chi connectivity index (χ2v) is 9.82. The van der Waals surface area contributed by atoms with Crippen molar-refractivity contribution in [2.24, 2.45) is 0 Å². The molecule has 1 aromatic heterocycles. The van der Waals surface area contributed by atoms with Crippen LogP contribution in [-0.2, 0) is 26.9 Å². The maximum Gasteiger partial charge on any atom is 0.235 e. The van der Waals surface area contributed by atoms with Crippen LogP contribution in [0.5, 0.6) is 5.75 Å². The lowest BCUT2D eigenvalue weighted by molar-refractivity contribution is -0.118. The van der Waals surface area contributed by atoms with E-state index in [0.29, 0.717) is 0 Å². The Kier molecular flexibility index (Phi) is 6.04. The van der Waals surface area contributed by atoms with Crippen LogP contribution in [-0.4, -0.2) is 31.3 Å². The van der Waals surface area contributed by atoms with Crippen molar-refractivity contribution >= 4 is 22.5 Å². The number of anilines is 1. The minimum Gasteiger partial charge on any atom is -0.497 e. The van der Waals surface area contributed by atoms with Crippen LogP contribution >= 0.6 is 0 Å². The Labute approximate surface area is 190 Å². The molecule has 5 nitrogen and oxygen atoms in total. The maximum absolute atomic E-state index is 13.3. The van der Waals surface area contributed by atoms with Crippen LogP contribution in [0.2, 0.25) is 0 Å². The highest BCUT2D eigenvalue weighted by Crippen LogP contribution is 2.49. The molecule has 1 aliphatic carbocycles. The summed E-state index contributed by atoms with van der Waals surface area (Å²) in [6.45, 7) is 8.36. The molecule has 0 unspecified atom stereocenters. The average molecular weight is 435 g/mol. The van der Waals surface area contributed by atoms with Gasteiger partial charge < -0.3 is 19.4 Å². The Morgan fingerprint density at radius 3 is 2.53 bits per heavy atom. The van der Waals surface area contributed by atoms with Crippen molar-refractivity contribution in [3.8, 4) is 5.75 Å². The number of carbonyl (C=O) groups excluding carboxylic acids is 1. The Bertz CT molecular complexity index is 1120. The Morgan fingerprint density at radius 2 is 1.88 bits per heavy atom. The number of benzene rings is 2. The predicted octanol–water partition coefficient (Wildman–Crippen LogP) is 5.65. The van der Waals surface area contributed by atoms with Crippen LogP contribution in [0, 0.1) is 0 Å². The fourth-order valence-electron chi connectivity index (χ4n) is 4.52. The predicted molar refractivity (Wildman–Crippen MR) is 130 cm³/mol. The topological polar surface area (TPSA) is 52.5 Å². The van der Waals surface area contributed by atoms with E-state index in [1.807, 2.05) is 30.3 Å². The molecule has 1 N–H and O–H groups in total. The van der Waals surface area contributed by atoms with E-state index in [2.05, 4.69) is 48.9 Å². The van der Waals surface area contributed by atoms with Crippen molar-refractivity contribution < 1.29 is 14.3 Å². The van der Waals surface area contributed by atoms with Crippen LogP contribution in [0.3, 0.4) is 0 Å². The molecule has 1 heterocycles. The number of hydrogen-bond acceptors (Lipinski definition) is 3. The van der Waals surface area contributed by atoms with Crippen LogP contribution < -0.4 is 10.1 Å². The first-order chi connectivity index (χ1) is 15.3. The van der Waals surface area contributed by atoms with E-state index < -0.39 is 5.41 Å². The van der Waals surface area contributed by atoms with Crippen molar-refractivity contribution in [2.45, 2.75) is 57.4 Å². The van der Waals surface area contributed by atoms with Gasteiger partial charge in [-0.05, 0) is 61.2 Å². The van der Waals surface area contributed by atoms with Gasteiger partial charge in [0.1, 0.15) is 5.75 Å². The van der Waals surface area contributed by atoms with Crippen LogP contribution in [0.4, 0.5) is 5.69 Å². The van der Waals surface area contributed by atoms with E-state index in [1.165, 1.54) is 11.2 Å². The molecule has 1 saturated carbocycles. The molecular weight excluding hydrogens is 400 g/mol. The van der Waals surface area contributed by atoms with Crippen molar-refractivity contribution in [2.75, 3.05) is 26.1 Å². The number of methoxy groups -OCH3 is 2. The second kappa shape index (κ2) is 8.62. The number of fused-ring (bicyclic) bond motifs is 1. The zero-order valence-corrected chi connectivity index (χ0v) is 19.8. The average Bonchev–Trinajstić information content (AvgIpc) is 3.50. The van der Waals surface area contributed by atoms with Gasteiger partial charge in [-0.2, -0.15) is 0 Å². The summed E-state index contributed by atoms with van der Waals surface area (Å²) < 4.78 is 13.0. The molecular formula is C27H34N2O3. The Morgan fingerprint density at radius 1 is 1.09 bits per heavy atom. The Hall–Kier alpha value is -2.79. The van der Waals surface area contributed by atoms with Gasteiger partial charge in [0.15, 0.2) is 0 Å². The monoisotopic (exact) mass is 434 g/mol. The smallest absolute Gasteiger partial charge is 0.235 e. The summed E-state index contributed by atoms with van der Waals surface area (Å²) >= 11 is 0. The van der Waals surface area contributed by atoms with E-state index in [1.54, 1.807) is 14.2 Å². The van der Waals surface area contributed by atoms with Gasteiger partial charge in [0.05, 0.1) is 12.5 Å². The lowest BCUT2D eigenvalue weighted by atomic mass is 9.92. The van der Waals surface area contributed by atoms with Crippen LogP contribution in [0.15, 0.2) is 48.5 Å². The number of hydrogen-bond donors (Lipinski definition) is 1. The van der Waals surface area contributed by atoms with Crippen LogP contribution in [0.25, 0.3) is 10.9 Å². The van der Waals surface area contributed by atoms with E-state index in [9.17, 15) is 4.79 Å². The summed E-state index contributed by atoms with van der Waals surface area (Å²) in [5.74, 6) is 0.841. The largest absolute Gasteiger partial charge is 0.497 e. The summed E-state index contributed by atoms with van der Waals surface area (Å²) in [6.07, 6.45) is 2.68. The van der Waals surface area contributed by atoms with Gasteiger partial charge in [0, 0.05) is 48.0 Å². The quantitative estimate of drug-likeness (QED) is 0.466. The van der Waals surface area contributed by atoms with Gasteiger partial charge in [-0.25, -0.2) is 0 Å². The molecule has 1 amide bonds. The zero-order valence-electron chi connectivity index (χ0n) is 19.8. The number of nitrogens with zero attached hydrogens (tertiary/aromatic N) is 1. The molecule has 170 valence electrons. The Balaban J connectivity index is 1.61. The molecule has 0 spiro atoms. The molecule has 0 aliphatic heterocycles. The van der Waals surface area contributed by atoms with Crippen molar-refractivity contribution in [3.05, 3.63) is 59.8 Å². The molecule has 3 aromatic rings. The normalized spacial score (nSPS) is 15.0. The fraction of sp³-hybridized carbons (Fsp3) is 0.444. The molecule has 5 heteroatoms. The van der Waals surface area contributed by atoms with Gasteiger partial charge in [-0.15, -0.1) is 0 Å². The standard InChI is InChI=1S/C27H34N2O3/c1-26(2,3)24-17-19-16-21(10-11-23(19)29(24)14-7-15-31-4)28-25(30)27(12-13-27)20-8-6-9-22(18-20)32-5/h6,8-11,16-18H,7,12-15H2,1-5H3,(H,28,30). The summed E-state index contributed by atoms with van der Waals surface area (Å²) in [7, 11) is 3.40. The lowest BCUT2D eigenvalue weighted by Crippen LogP contribution is -2.27. The van der Waals surface area contributed by atoms with Crippen molar-refractivity contribution in [1.82, 2.24) is 4.57 Å². The third kappa shape index (κ3) is 4.26. The van der Waals surface area contributed by atoms with Gasteiger partial charge >= 0.3 is 0 Å². The molecule has 4 rings (SSSR count). The number of nitrogens with one attached hydrogen (secondary N) is 1. The van der Waals surface area contributed by atoms with E-state index in [4.69, 9.17) is 9.47 Å². The number of amides is 1. The number of rotatable bonds is 8. The molecule has 0 atom stereocenters. The second-order valence-electron chi connectivity index (χ2n) is 9.82. The molecule has 2 aromatic carbocycles. The summed E-state index contributed by atoms with van der Waals surface area (Å²) in [4.78, 5) is 13.3. The molecule has 32 heavy (non-hydrogen) atoms. The SMILES string of the molecule is COCCCn1c(C(C)(C)C)cc2cc(NC(=O)C3(c4cccc(OC)c4)CC3)ccc21. The van der Waals surface area contributed by atoms with Crippen molar-refractivity contribution in [3.63, 3.8) is 0 Å². The highest BCUT2D eigenvalue weighted by molar-refractivity contribution is 6.02. The number of aromatic nitrogens is 1. The molecule has 1 aliphatic rings.